The van der Waals surface area contributed by atoms with E-state index in [1.807, 2.05) is 4.90 Å². The Balaban J connectivity index is 2.29. The number of hydrogen-bond donors (Lipinski definition) is 3. The van der Waals surface area contributed by atoms with Gasteiger partial charge in [-0.25, -0.2) is 9.78 Å². The molecule has 1 saturated carbocycles. The summed E-state index contributed by atoms with van der Waals surface area (Å²) in [6.07, 6.45) is 5.38. The third-order valence-corrected chi connectivity index (χ3v) is 3.54. The molecule has 1 aromatic heterocycles. The Kier molecular flexibility index (Phi) is 4.21. The van der Waals surface area contributed by atoms with E-state index < -0.39 is 5.97 Å². The number of pyridine rings is 1. The van der Waals surface area contributed by atoms with Crippen molar-refractivity contribution in [3.63, 3.8) is 0 Å². The van der Waals surface area contributed by atoms with Crippen LogP contribution in [0.5, 0.6) is 0 Å². The zero-order valence-corrected chi connectivity index (χ0v) is 10.7. The van der Waals surface area contributed by atoms with E-state index in [4.69, 9.17) is 15.9 Å². The van der Waals surface area contributed by atoms with Gasteiger partial charge in [-0.1, -0.05) is 0 Å². The Morgan fingerprint density at radius 2 is 2.26 bits per heavy atom. The van der Waals surface area contributed by atoms with Gasteiger partial charge >= 0.3 is 5.97 Å². The summed E-state index contributed by atoms with van der Waals surface area (Å²) in [5.74, 6) is -0.519. The quantitative estimate of drug-likeness (QED) is 0.712. The fourth-order valence-corrected chi connectivity index (χ4v) is 2.28. The molecule has 0 bridgehead atoms. The standard InChI is InChI=1S/C13H19N3O3/c14-11-10(13(18)19)5-6-15-12(11)16(7-2-8-17)9-3-1-4-9/h5-6,9,17H,1-4,7-8,14H2,(H,18,19). The largest absolute Gasteiger partial charge is 0.478 e. The minimum Gasteiger partial charge on any atom is -0.478 e. The Labute approximate surface area is 111 Å². The maximum absolute atomic E-state index is 11.1. The number of carboxylic acid groups (broad SMARTS) is 1. The predicted molar refractivity (Wildman–Crippen MR) is 72.3 cm³/mol. The third kappa shape index (κ3) is 2.78. The fraction of sp³-hybridized carbons (Fsp3) is 0.538. The number of aromatic carboxylic acids is 1. The van der Waals surface area contributed by atoms with Crippen LogP contribution in [0, 0.1) is 0 Å². The summed E-state index contributed by atoms with van der Waals surface area (Å²) in [4.78, 5) is 17.4. The summed E-state index contributed by atoms with van der Waals surface area (Å²) in [6, 6.07) is 1.76. The van der Waals surface area contributed by atoms with Crippen LogP contribution >= 0.6 is 0 Å². The van der Waals surface area contributed by atoms with Crippen molar-refractivity contribution in [1.82, 2.24) is 4.98 Å². The zero-order valence-electron chi connectivity index (χ0n) is 10.7. The summed E-state index contributed by atoms with van der Waals surface area (Å²) in [6.45, 7) is 0.739. The van der Waals surface area contributed by atoms with Crippen LogP contribution in [0.25, 0.3) is 0 Å². The van der Waals surface area contributed by atoms with Crippen LogP contribution < -0.4 is 10.6 Å². The molecule has 4 N–H and O–H groups in total. The molecule has 6 heteroatoms. The fourth-order valence-electron chi connectivity index (χ4n) is 2.28. The molecule has 0 amide bonds. The lowest BCUT2D eigenvalue weighted by atomic mass is 9.91. The van der Waals surface area contributed by atoms with Gasteiger partial charge in [-0.2, -0.15) is 0 Å². The second-order valence-corrected chi connectivity index (χ2v) is 4.76. The van der Waals surface area contributed by atoms with Crippen LogP contribution in [0.3, 0.4) is 0 Å². The highest BCUT2D eigenvalue weighted by Gasteiger charge is 2.28. The van der Waals surface area contributed by atoms with E-state index in [-0.39, 0.29) is 17.9 Å². The second-order valence-electron chi connectivity index (χ2n) is 4.76. The number of nitrogen functional groups attached to an aromatic ring is 1. The highest BCUT2D eigenvalue weighted by Crippen LogP contribution is 2.32. The number of aliphatic hydroxyl groups is 1. The molecule has 0 saturated heterocycles. The second kappa shape index (κ2) is 5.88. The Morgan fingerprint density at radius 3 is 2.79 bits per heavy atom. The van der Waals surface area contributed by atoms with Crippen molar-refractivity contribution in [2.24, 2.45) is 0 Å². The highest BCUT2D eigenvalue weighted by molar-refractivity contribution is 5.96. The highest BCUT2D eigenvalue weighted by atomic mass is 16.4. The molecule has 0 radical (unpaired) electrons. The van der Waals surface area contributed by atoms with Crippen LogP contribution in [-0.4, -0.2) is 40.4 Å². The average molecular weight is 265 g/mol. The number of nitrogens with zero attached hydrogens (tertiary/aromatic N) is 2. The molecule has 1 aliphatic carbocycles. The first-order valence-electron chi connectivity index (χ1n) is 6.50. The molecule has 0 aromatic carbocycles. The first-order valence-corrected chi connectivity index (χ1v) is 6.50. The number of carbonyl (C=O) groups is 1. The van der Waals surface area contributed by atoms with Crippen molar-refractivity contribution in [1.29, 1.82) is 0 Å². The monoisotopic (exact) mass is 265 g/mol. The zero-order chi connectivity index (χ0) is 13.8. The first kappa shape index (κ1) is 13.6. The molecule has 1 heterocycles. The molecule has 6 nitrogen and oxygen atoms in total. The smallest absolute Gasteiger partial charge is 0.337 e. The predicted octanol–water partition coefficient (Wildman–Crippen LogP) is 1.10. The molecular weight excluding hydrogens is 246 g/mol. The van der Waals surface area contributed by atoms with Crippen LogP contribution in [0.15, 0.2) is 12.3 Å². The molecule has 2 rings (SSSR count). The van der Waals surface area contributed by atoms with Crippen LogP contribution in [0.1, 0.15) is 36.0 Å². The average Bonchev–Trinajstić information content (AvgIpc) is 2.32. The van der Waals surface area contributed by atoms with E-state index in [2.05, 4.69) is 4.98 Å². The molecule has 1 aliphatic rings. The van der Waals surface area contributed by atoms with Gasteiger partial charge in [0.1, 0.15) is 0 Å². The molecular formula is C13H19N3O3. The van der Waals surface area contributed by atoms with Gasteiger partial charge in [0.05, 0.1) is 11.3 Å². The number of aliphatic hydroxyl groups excluding tert-OH is 1. The summed E-state index contributed by atoms with van der Waals surface area (Å²) in [7, 11) is 0. The molecule has 0 unspecified atom stereocenters. The maximum atomic E-state index is 11.1. The minimum atomic E-state index is -1.04. The van der Waals surface area contributed by atoms with E-state index in [0.29, 0.717) is 24.8 Å². The van der Waals surface area contributed by atoms with Gasteiger partial charge < -0.3 is 20.8 Å². The van der Waals surface area contributed by atoms with Gasteiger partial charge in [0, 0.05) is 25.4 Å². The van der Waals surface area contributed by atoms with Crippen LogP contribution in [0.4, 0.5) is 11.5 Å². The number of aromatic nitrogens is 1. The van der Waals surface area contributed by atoms with Gasteiger partial charge in [0.15, 0.2) is 5.82 Å². The summed E-state index contributed by atoms with van der Waals surface area (Å²) < 4.78 is 0. The maximum Gasteiger partial charge on any atom is 0.337 e. The normalized spacial score (nSPS) is 15.0. The summed E-state index contributed by atoms with van der Waals surface area (Å²) >= 11 is 0. The molecule has 0 aliphatic heterocycles. The summed E-state index contributed by atoms with van der Waals surface area (Å²) in [5.41, 5.74) is 6.22. The molecule has 1 fully saturated rings. The molecule has 19 heavy (non-hydrogen) atoms. The van der Waals surface area contributed by atoms with Crippen molar-refractivity contribution < 1.29 is 15.0 Å². The van der Waals surface area contributed by atoms with E-state index in [1.165, 1.54) is 18.7 Å². The molecule has 104 valence electrons. The number of rotatable bonds is 6. The lowest BCUT2D eigenvalue weighted by Gasteiger charge is -2.39. The Bertz CT molecular complexity index is 460. The Morgan fingerprint density at radius 1 is 1.53 bits per heavy atom. The number of carboxylic acids is 1. The summed E-state index contributed by atoms with van der Waals surface area (Å²) in [5, 5.41) is 18.1. The lowest BCUT2D eigenvalue weighted by Crippen LogP contribution is -2.42. The van der Waals surface area contributed by atoms with Gasteiger partial charge in [-0.3, -0.25) is 0 Å². The molecule has 0 spiro atoms. The van der Waals surface area contributed by atoms with E-state index in [9.17, 15) is 4.79 Å². The Hall–Kier alpha value is -1.82. The van der Waals surface area contributed by atoms with Crippen LogP contribution in [0.2, 0.25) is 0 Å². The van der Waals surface area contributed by atoms with Gasteiger partial charge in [-0.15, -0.1) is 0 Å². The lowest BCUT2D eigenvalue weighted by molar-refractivity contribution is 0.0698. The van der Waals surface area contributed by atoms with Crippen molar-refractivity contribution in [3.05, 3.63) is 17.8 Å². The number of anilines is 2. The van der Waals surface area contributed by atoms with E-state index in [1.54, 1.807) is 0 Å². The SMILES string of the molecule is Nc1c(C(=O)O)ccnc1N(CCCO)C1CCC1. The van der Waals surface area contributed by atoms with Gasteiger partial charge in [0.2, 0.25) is 0 Å². The third-order valence-electron chi connectivity index (χ3n) is 3.54. The number of nitrogens with two attached hydrogens (primary N) is 1. The number of hydrogen-bond acceptors (Lipinski definition) is 5. The van der Waals surface area contributed by atoms with E-state index >= 15 is 0 Å². The van der Waals surface area contributed by atoms with Crippen molar-refractivity contribution in [3.8, 4) is 0 Å². The first-order chi connectivity index (χ1) is 9.15. The van der Waals surface area contributed by atoms with Crippen molar-refractivity contribution in [2.45, 2.75) is 31.7 Å². The topological polar surface area (TPSA) is 99.7 Å². The minimum absolute atomic E-state index is 0.0818. The molecule has 0 atom stereocenters. The van der Waals surface area contributed by atoms with Gasteiger partial charge in [-0.05, 0) is 31.7 Å². The van der Waals surface area contributed by atoms with Crippen molar-refractivity contribution in [2.75, 3.05) is 23.8 Å². The van der Waals surface area contributed by atoms with Crippen LogP contribution in [-0.2, 0) is 0 Å². The molecule has 1 aromatic rings. The van der Waals surface area contributed by atoms with Gasteiger partial charge in [0.25, 0.3) is 0 Å². The van der Waals surface area contributed by atoms with E-state index in [0.717, 1.165) is 12.8 Å². The van der Waals surface area contributed by atoms with Crippen molar-refractivity contribution >= 4 is 17.5 Å².